The highest BCUT2D eigenvalue weighted by molar-refractivity contribution is 5.87. The zero-order chi connectivity index (χ0) is 21.8. The first kappa shape index (κ1) is 19.0. The predicted octanol–water partition coefficient (Wildman–Crippen LogP) is 3.13. The van der Waals surface area contributed by atoms with Crippen molar-refractivity contribution in [1.82, 2.24) is 24.4 Å². The number of pyridine rings is 2. The summed E-state index contributed by atoms with van der Waals surface area (Å²) in [6.45, 7) is 0. The lowest BCUT2D eigenvalue weighted by Gasteiger charge is -2.38. The number of anilines is 1. The SMILES string of the molecule is Cn1cc(-c2cc(-c3ccc(N4C5CC[C@H]4C[C@@H](N)C5)nc3)c3c(C#N)cnn3c2)cn1. The predicted molar refractivity (Wildman–Crippen MR) is 122 cm³/mol. The molecule has 6 rings (SSSR count). The minimum absolute atomic E-state index is 0.304. The van der Waals surface area contributed by atoms with Crippen LogP contribution < -0.4 is 10.6 Å². The van der Waals surface area contributed by atoms with Gasteiger partial charge >= 0.3 is 0 Å². The molecule has 6 heterocycles. The summed E-state index contributed by atoms with van der Waals surface area (Å²) in [5.41, 5.74) is 11.5. The van der Waals surface area contributed by atoms with Gasteiger partial charge in [0.25, 0.3) is 0 Å². The lowest BCUT2D eigenvalue weighted by molar-refractivity contribution is 0.412. The molecule has 2 N–H and O–H groups in total. The Morgan fingerprint density at radius 3 is 2.47 bits per heavy atom. The molecule has 2 aliphatic rings. The molecule has 32 heavy (non-hydrogen) atoms. The van der Waals surface area contributed by atoms with E-state index in [1.165, 1.54) is 12.8 Å². The molecule has 1 unspecified atom stereocenters. The Morgan fingerprint density at radius 2 is 1.81 bits per heavy atom. The Hall–Kier alpha value is -3.70. The summed E-state index contributed by atoms with van der Waals surface area (Å²) in [4.78, 5) is 7.32. The molecule has 8 heteroatoms. The van der Waals surface area contributed by atoms with E-state index in [0.29, 0.717) is 23.7 Å². The summed E-state index contributed by atoms with van der Waals surface area (Å²) in [6.07, 6.45) is 13.7. The maximum atomic E-state index is 9.64. The van der Waals surface area contributed by atoms with Crippen LogP contribution in [0.2, 0.25) is 0 Å². The quantitative estimate of drug-likeness (QED) is 0.542. The van der Waals surface area contributed by atoms with Crippen LogP contribution >= 0.6 is 0 Å². The Labute approximate surface area is 185 Å². The van der Waals surface area contributed by atoms with Gasteiger partial charge in [-0.3, -0.25) is 4.68 Å². The first-order chi connectivity index (χ1) is 15.6. The van der Waals surface area contributed by atoms with Crippen molar-refractivity contribution in [3.63, 3.8) is 0 Å². The van der Waals surface area contributed by atoms with Crippen LogP contribution in [-0.4, -0.2) is 42.5 Å². The molecule has 4 aromatic heterocycles. The van der Waals surface area contributed by atoms with Gasteiger partial charge < -0.3 is 10.6 Å². The average Bonchev–Trinajstić information content (AvgIpc) is 3.49. The smallest absolute Gasteiger partial charge is 0.129 e. The van der Waals surface area contributed by atoms with Crippen molar-refractivity contribution in [1.29, 1.82) is 5.26 Å². The first-order valence-electron chi connectivity index (χ1n) is 11.0. The molecule has 0 saturated carbocycles. The van der Waals surface area contributed by atoms with Crippen molar-refractivity contribution in [2.45, 2.75) is 43.8 Å². The highest BCUT2D eigenvalue weighted by atomic mass is 15.3. The van der Waals surface area contributed by atoms with Gasteiger partial charge in [-0.2, -0.15) is 15.5 Å². The third-order valence-corrected chi connectivity index (χ3v) is 6.86. The van der Waals surface area contributed by atoms with Crippen LogP contribution in [0.15, 0.2) is 49.2 Å². The van der Waals surface area contributed by atoms with E-state index in [2.05, 4.69) is 39.4 Å². The number of hydrogen-bond donors (Lipinski definition) is 1. The zero-order valence-electron chi connectivity index (χ0n) is 17.9. The summed E-state index contributed by atoms with van der Waals surface area (Å²) >= 11 is 0. The summed E-state index contributed by atoms with van der Waals surface area (Å²) < 4.78 is 3.55. The number of fused-ring (bicyclic) bond motifs is 3. The Kier molecular flexibility index (Phi) is 4.26. The minimum atomic E-state index is 0.304. The van der Waals surface area contributed by atoms with Crippen LogP contribution in [-0.2, 0) is 7.05 Å². The van der Waals surface area contributed by atoms with Gasteiger partial charge in [0.15, 0.2) is 0 Å². The van der Waals surface area contributed by atoms with E-state index in [1.54, 1.807) is 15.4 Å². The fourth-order valence-electron chi connectivity index (χ4n) is 5.44. The molecular weight excluding hydrogens is 400 g/mol. The summed E-state index contributed by atoms with van der Waals surface area (Å²) in [6, 6.07) is 9.85. The molecule has 0 aromatic carbocycles. The largest absolute Gasteiger partial charge is 0.351 e. The monoisotopic (exact) mass is 424 g/mol. The summed E-state index contributed by atoms with van der Waals surface area (Å²) in [5.74, 6) is 1.02. The second-order valence-corrected chi connectivity index (χ2v) is 8.94. The van der Waals surface area contributed by atoms with Gasteiger partial charge in [-0.1, -0.05) is 0 Å². The zero-order valence-corrected chi connectivity index (χ0v) is 17.9. The molecule has 2 aliphatic heterocycles. The second-order valence-electron chi connectivity index (χ2n) is 8.94. The number of piperidine rings is 1. The van der Waals surface area contributed by atoms with Crippen LogP contribution in [0.3, 0.4) is 0 Å². The second kappa shape index (κ2) is 7.18. The van der Waals surface area contributed by atoms with Gasteiger partial charge in [0, 0.05) is 66.0 Å². The molecule has 8 nitrogen and oxygen atoms in total. The fourth-order valence-corrected chi connectivity index (χ4v) is 5.44. The maximum Gasteiger partial charge on any atom is 0.129 e. The standard InChI is InChI=1S/C24H24N8/c1-30-13-18(12-28-30)16-6-22(24-17(9-25)11-29-31(24)14-16)15-2-5-23(27-10-15)32-20-3-4-21(32)8-19(26)7-20/h2,5-6,10-14,19-21H,3-4,7-8,26H2,1H3/t19-,20+,21?/m1/s1. The molecule has 4 aromatic rings. The van der Waals surface area contributed by atoms with Gasteiger partial charge in [-0.25, -0.2) is 9.50 Å². The Morgan fingerprint density at radius 1 is 1.00 bits per heavy atom. The average molecular weight is 425 g/mol. The summed E-state index contributed by atoms with van der Waals surface area (Å²) in [5, 5.41) is 18.4. The fraction of sp³-hybridized carbons (Fsp3) is 0.333. The van der Waals surface area contributed by atoms with Gasteiger partial charge in [0.1, 0.15) is 11.9 Å². The van der Waals surface area contributed by atoms with Gasteiger partial charge in [0.05, 0.1) is 23.5 Å². The van der Waals surface area contributed by atoms with Crippen molar-refractivity contribution in [3.8, 4) is 28.3 Å². The van der Waals surface area contributed by atoms with Gasteiger partial charge in [-0.15, -0.1) is 0 Å². The highest BCUT2D eigenvalue weighted by Crippen LogP contribution is 2.39. The maximum absolute atomic E-state index is 9.64. The molecule has 3 atom stereocenters. The van der Waals surface area contributed by atoms with E-state index < -0.39 is 0 Å². The molecule has 2 bridgehead atoms. The van der Waals surface area contributed by atoms with Crippen LogP contribution in [0.4, 0.5) is 5.82 Å². The molecule has 0 radical (unpaired) electrons. The number of hydrogen-bond acceptors (Lipinski definition) is 6. The number of nitrogens with two attached hydrogens (primary N) is 1. The highest BCUT2D eigenvalue weighted by Gasteiger charge is 2.40. The molecule has 160 valence electrons. The molecule has 2 saturated heterocycles. The van der Waals surface area contributed by atoms with Crippen molar-refractivity contribution in [2.24, 2.45) is 12.8 Å². The lowest BCUT2D eigenvalue weighted by atomic mass is 9.98. The van der Waals surface area contributed by atoms with Gasteiger partial charge in [-0.05, 0) is 43.9 Å². The molecule has 2 fully saturated rings. The number of aromatic nitrogens is 5. The van der Waals surface area contributed by atoms with Crippen LogP contribution in [0.25, 0.3) is 27.8 Å². The number of rotatable bonds is 3. The number of nitrogens with zero attached hydrogens (tertiary/aromatic N) is 7. The van der Waals surface area contributed by atoms with Crippen molar-refractivity contribution in [3.05, 3.63) is 54.7 Å². The molecule has 0 spiro atoms. The first-order valence-corrected chi connectivity index (χ1v) is 11.0. The van der Waals surface area contributed by atoms with E-state index in [1.807, 2.05) is 31.8 Å². The van der Waals surface area contributed by atoms with Crippen LogP contribution in [0.1, 0.15) is 31.2 Å². The third-order valence-electron chi connectivity index (χ3n) is 6.86. The van der Waals surface area contributed by atoms with Crippen molar-refractivity contribution in [2.75, 3.05) is 4.90 Å². The normalized spacial score (nSPS) is 22.4. The van der Waals surface area contributed by atoms with E-state index in [4.69, 9.17) is 10.7 Å². The van der Waals surface area contributed by atoms with Crippen LogP contribution in [0, 0.1) is 11.3 Å². The molecule has 0 amide bonds. The van der Waals surface area contributed by atoms with Crippen molar-refractivity contribution >= 4 is 11.3 Å². The summed E-state index contributed by atoms with van der Waals surface area (Å²) in [7, 11) is 1.90. The number of aryl methyl sites for hydroxylation is 1. The lowest BCUT2D eigenvalue weighted by Crippen LogP contribution is -2.47. The Balaban J connectivity index is 1.43. The third kappa shape index (κ3) is 2.97. The topological polar surface area (TPSA) is 101 Å². The number of nitriles is 1. The van der Waals surface area contributed by atoms with E-state index >= 15 is 0 Å². The minimum Gasteiger partial charge on any atom is -0.351 e. The van der Waals surface area contributed by atoms with Crippen molar-refractivity contribution < 1.29 is 0 Å². The Bertz CT molecular complexity index is 1330. The molecular formula is C24H24N8. The van der Waals surface area contributed by atoms with E-state index in [0.717, 1.165) is 46.4 Å². The van der Waals surface area contributed by atoms with Crippen LogP contribution in [0.5, 0.6) is 0 Å². The molecule has 0 aliphatic carbocycles. The van der Waals surface area contributed by atoms with E-state index in [-0.39, 0.29) is 0 Å². The van der Waals surface area contributed by atoms with E-state index in [9.17, 15) is 5.26 Å². The van der Waals surface area contributed by atoms with Gasteiger partial charge in [0.2, 0.25) is 0 Å².